The molecule has 2 aliphatic rings. The Morgan fingerprint density at radius 1 is 0.842 bits per heavy atom. The Kier molecular flexibility index (Phi) is 5.86. The van der Waals surface area contributed by atoms with Gasteiger partial charge in [-0.05, 0) is 99.2 Å². The van der Waals surface area contributed by atoms with Crippen LogP contribution in [-0.4, -0.2) is 5.91 Å². The number of fused-ring (bicyclic) bond motifs is 4. The molecule has 0 unspecified atom stereocenters. The maximum absolute atomic E-state index is 13.0. The number of amides is 1. The molecule has 3 aromatic carbocycles. The molecule has 0 atom stereocenters. The minimum absolute atomic E-state index is 0.167. The van der Waals surface area contributed by atoms with Gasteiger partial charge in [0.1, 0.15) is 5.76 Å². The zero-order valence-electron chi connectivity index (χ0n) is 23.2. The second-order valence-corrected chi connectivity index (χ2v) is 12.5. The fourth-order valence-corrected chi connectivity index (χ4v) is 6.39. The van der Waals surface area contributed by atoms with E-state index in [4.69, 9.17) is 4.42 Å². The number of aryl methyl sites for hydroxylation is 1. The van der Waals surface area contributed by atoms with Crippen molar-refractivity contribution >= 4 is 5.91 Å². The molecule has 2 aliphatic carbocycles. The summed E-state index contributed by atoms with van der Waals surface area (Å²) in [4.78, 5) is 13.0. The van der Waals surface area contributed by atoms with Crippen molar-refractivity contribution < 1.29 is 9.21 Å². The Balaban J connectivity index is 1.17. The van der Waals surface area contributed by atoms with Gasteiger partial charge < -0.3 is 9.73 Å². The van der Waals surface area contributed by atoms with Gasteiger partial charge in [0.05, 0.1) is 0 Å². The molecule has 0 spiro atoms. The van der Waals surface area contributed by atoms with Gasteiger partial charge in [-0.15, -0.1) is 0 Å². The third-order valence-electron chi connectivity index (χ3n) is 8.95. The van der Waals surface area contributed by atoms with E-state index >= 15 is 0 Å². The van der Waals surface area contributed by atoms with Gasteiger partial charge >= 0.3 is 0 Å². The molecule has 0 fully saturated rings. The predicted octanol–water partition coefficient (Wildman–Crippen LogP) is 8.03. The monoisotopic (exact) mass is 503 g/mol. The van der Waals surface area contributed by atoms with Crippen LogP contribution in [0.5, 0.6) is 0 Å². The number of hydrogen-bond acceptors (Lipinski definition) is 2. The maximum Gasteiger partial charge on any atom is 0.287 e. The SMILES string of the molecule is Cc1cc2c(cc1Cc1ccc(C(=O)NCc3cccc4c3Cc3ccccc3-4)o1)C(C)(C)CCC2(C)C. The first-order valence-corrected chi connectivity index (χ1v) is 13.8. The van der Waals surface area contributed by atoms with Crippen molar-refractivity contribution in [2.75, 3.05) is 0 Å². The summed E-state index contributed by atoms with van der Waals surface area (Å²) in [6.07, 6.45) is 4.00. The van der Waals surface area contributed by atoms with Crippen LogP contribution in [0, 0.1) is 6.92 Å². The second-order valence-electron chi connectivity index (χ2n) is 12.5. The molecule has 4 aromatic rings. The summed E-state index contributed by atoms with van der Waals surface area (Å²) in [5.74, 6) is 1.02. The molecule has 3 nitrogen and oxygen atoms in total. The number of carbonyl (C=O) groups excluding carboxylic acids is 1. The van der Waals surface area contributed by atoms with E-state index in [-0.39, 0.29) is 16.7 Å². The molecule has 1 amide bonds. The lowest BCUT2D eigenvalue weighted by Gasteiger charge is -2.42. The van der Waals surface area contributed by atoms with E-state index in [1.54, 1.807) is 6.07 Å². The van der Waals surface area contributed by atoms with Crippen LogP contribution < -0.4 is 5.32 Å². The van der Waals surface area contributed by atoms with Crippen molar-refractivity contribution in [1.82, 2.24) is 5.32 Å². The molecule has 3 heteroatoms. The van der Waals surface area contributed by atoms with Crippen LogP contribution in [-0.2, 0) is 30.2 Å². The summed E-state index contributed by atoms with van der Waals surface area (Å²) in [7, 11) is 0. The first-order valence-electron chi connectivity index (χ1n) is 13.8. The van der Waals surface area contributed by atoms with Crippen LogP contribution in [0.2, 0.25) is 0 Å². The van der Waals surface area contributed by atoms with Crippen molar-refractivity contribution in [1.29, 1.82) is 0 Å². The number of hydrogen-bond donors (Lipinski definition) is 1. The van der Waals surface area contributed by atoms with Crippen LogP contribution in [0.3, 0.4) is 0 Å². The van der Waals surface area contributed by atoms with Crippen molar-refractivity contribution in [3.8, 4) is 11.1 Å². The highest BCUT2D eigenvalue weighted by molar-refractivity contribution is 5.91. The fourth-order valence-electron chi connectivity index (χ4n) is 6.39. The molecular weight excluding hydrogens is 466 g/mol. The largest absolute Gasteiger partial charge is 0.456 e. The molecule has 0 radical (unpaired) electrons. The van der Waals surface area contributed by atoms with Gasteiger partial charge in [-0.3, -0.25) is 4.79 Å². The van der Waals surface area contributed by atoms with Gasteiger partial charge in [-0.25, -0.2) is 0 Å². The Hall–Kier alpha value is -3.59. The average Bonchev–Trinajstić information content (AvgIpc) is 3.51. The number of nitrogens with one attached hydrogen (secondary N) is 1. The molecule has 0 saturated heterocycles. The van der Waals surface area contributed by atoms with E-state index in [9.17, 15) is 4.79 Å². The number of carbonyl (C=O) groups is 1. The molecule has 0 saturated carbocycles. The normalized spacial score (nSPS) is 16.4. The summed E-state index contributed by atoms with van der Waals surface area (Å²) < 4.78 is 6.06. The minimum atomic E-state index is -0.172. The molecule has 194 valence electrons. The lowest BCUT2D eigenvalue weighted by atomic mass is 9.62. The van der Waals surface area contributed by atoms with E-state index in [2.05, 4.69) is 94.5 Å². The van der Waals surface area contributed by atoms with E-state index in [0.717, 1.165) is 17.7 Å². The van der Waals surface area contributed by atoms with Crippen molar-refractivity contribution in [2.45, 2.75) is 77.7 Å². The summed E-state index contributed by atoms with van der Waals surface area (Å²) in [5, 5.41) is 3.09. The lowest BCUT2D eigenvalue weighted by molar-refractivity contribution is 0.0921. The highest BCUT2D eigenvalue weighted by Gasteiger charge is 2.37. The standard InChI is InChI=1S/C35H37NO2/c1-22-17-30-31(35(4,5)16-15-34(30,2)3)20-25(22)18-26-13-14-32(38-26)33(37)36-21-24-10-8-12-28-27-11-7-6-9-23(27)19-29(24)28/h6-14,17,20H,15-16,18-19,21H2,1-5H3,(H,36,37). The number of furan rings is 1. The van der Waals surface area contributed by atoms with E-state index in [0.29, 0.717) is 18.7 Å². The molecule has 1 aromatic heterocycles. The van der Waals surface area contributed by atoms with Crippen LogP contribution in [0.15, 0.2) is 71.1 Å². The third kappa shape index (κ3) is 4.28. The predicted molar refractivity (Wildman–Crippen MR) is 154 cm³/mol. The lowest BCUT2D eigenvalue weighted by Crippen LogP contribution is -2.34. The smallest absolute Gasteiger partial charge is 0.287 e. The number of benzene rings is 3. The van der Waals surface area contributed by atoms with Crippen LogP contribution in [0.1, 0.15) is 95.8 Å². The summed E-state index contributed by atoms with van der Waals surface area (Å²) in [6, 6.07) is 23.4. The number of rotatable bonds is 5. The van der Waals surface area contributed by atoms with Gasteiger partial charge in [0.25, 0.3) is 5.91 Å². The zero-order valence-corrected chi connectivity index (χ0v) is 23.2. The van der Waals surface area contributed by atoms with Gasteiger partial charge in [0.15, 0.2) is 5.76 Å². The van der Waals surface area contributed by atoms with Gasteiger partial charge in [0.2, 0.25) is 0 Å². The van der Waals surface area contributed by atoms with E-state index in [1.807, 2.05) is 6.07 Å². The minimum Gasteiger partial charge on any atom is -0.456 e. The topological polar surface area (TPSA) is 42.2 Å². The van der Waals surface area contributed by atoms with Gasteiger partial charge in [-0.2, -0.15) is 0 Å². The average molecular weight is 504 g/mol. The molecule has 0 bridgehead atoms. The van der Waals surface area contributed by atoms with Crippen molar-refractivity contribution in [3.63, 3.8) is 0 Å². The molecular formula is C35H37NO2. The Bertz CT molecular complexity index is 1550. The zero-order chi connectivity index (χ0) is 26.7. The first kappa shape index (κ1) is 24.7. The van der Waals surface area contributed by atoms with Gasteiger partial charge in [0, 0.05) is 13.0 Å². The van der Waals surface area contributed by atoms with Crippen LogP contribution in [0.25, 0.3) is 11.1 Å². The molecule has 6 rings (SSSR count). The Morgan fingerprint density at radius 2 is 1.55 bits per heavy atom. The second kappa shape index (κ2) is 9.01. The highest BCUT2D eigenvalue weighted by Crippen LogP contribution is 2.46. The molecule has 1 heterocycles. The van der Waals surface area contributed by atoms with Crippen LogP contribution in [0.4, 0.5) is 0 Å². The highest BCUT2D eigenvalue weighted by atomic mass is 16.3. The molecule has 1 N–H and O–H groups in total. The van der Waals surface area contributed by atoms with E-state index in [1.165, 1.54) is 57.3 Å². The Labute approximate surface area is 226 Å². The van der Waals surface area contributed by atoms with Crippen molar-refractivity contribution in [3.05, 3.63) is 117 Å². The summed E-state index contributed by atoms with van der Waals surface area (Å²) in [5.41, 5.74) is 12.3. The quantitative estimate of drug-likeness (QED) is 0.264. The maximum atomic E-state index is 13.0. The van der Waals surface area contributed by atoms with Crippen LogP contribution >= 0.6 is 0 Å². The Morgan fingerprint density at radius 3 is 2.34 bits per heavy atom. The van der Waals surface area contributed by atoms with Gasteiger partial charge in [-0.1, -0.05) is 82.3 Å². The molecule has 38 heavy (non-hydrogen) atoms. The summed E-state index contributed by atoms with van der Waals surface area (Å²) >= 11 is 0. The van der Waals surface area contributed by atoms with Crippen molar-refractivity contribution in [2.24, 2.45) is 0 Å². The fraction of sp³-hybridized carbons (Fsp3) is 0.343. The van der Waals surface area contributed by atoms with E-state index < -0.39 is 0 Å². The first-order chi connectivity index (χ1) is 18.1. The summed E-state index contributed by atoms with van der Waals surface area (Å²) in [6.45, 7) is 12.1. The third-order valence-corrected chi connectivity index (χ3v) is 8.95. The molecule has 0 aliphatic heterocycles.